The van der Waals surface area contributed by atoms with Crippen LogP contribution in [0.5, 0.6) is 0 Å². The minimum Gasteiger partial charge on any atom is -0.0840 e. The van der Waals surface area contributed by atoms with Crippen LogP contribution in [0, 0.1) is 0 Å². The zero-order valence-corrected chi connectivity index (χ0v) is 11.0. The lowest BCUT2D eigenvalue weighted by Gasteiger charge is -2.17. The van der Waals surface area contributed by atoms with Crippen LogP contribution in [0.1, 0.15) is 36.5 Å². The molecule has 1 unspecified atom stereocenters. The molecule has 2 aromatic carbocycles. The van der Waals surface area contributed by atoms with Crippen molar-refractivity contribution in [1.29, 1.82) is 0 Å². The van der Waals surface area contributed by atoms with Gasteiger partial charge in [-0.15, -0.1) is 0 Å². The maximum absolute atomic E-state index is 6.26. The van der Waals surface area contributed by atoms with E-state index in [4.69, 9.17) is 11.6 Å². The lowest BCUT2D eigenvalue weighted by molar-refractivity contribution is 0.893. The predicted octanol–water partition coefficient (Wildman–Crippen LogP) is 5.05. The first-order valence-electron chi connectivity index (χ1n) is 6.06. The highest BCUT2D eigenvalue weighted by Crippen LogP contribution is 2.31. The second kappa shape index (κ2) is 5.37. The Kier molecular flexibility index (Phi) is 3.86. The summed E-state index contributed by atoms with van der Waals surface area (Å²) in [6, 6.07) is 16.7. The minimum absolute atomic E-state index is 0.347. The number of aryl methyl sites for hydroxylation is 1. The van der Waals surface area contributed by atoms with Gasteiger partial charge in [-0.05, 0) is 29.2 Å². The molecular formula is C16H17Cl. The third kappa shape index (κ3) is 2.53. The Balaban J connectivity index is 2.44. The van der Waals surface area contributed by atoms with Gasteiger partial charge in [-0.1, -0.05) is 67.9 Å². The molecule has 0 aromatic heterocycles. The molecule has 0 N–H and O–H groups in total. The summed E-state index contributed by atoms with van der Waals surface area (Å²) in [6.45, 7) is 4.41. The molecule has 0 fully saturated rings. The van der Waals surface area contributed by atoms with Crippen molar-refractivity contribution in [3.63, 3.8) is 0 Å². The molecule has 0 radical (unpaired) electrons. The Morgan fingerprint density at radius 3 is 2.18 bits per heavy atom. The van der Waals surface area contributed by atoms with Crippen LogP contribution in [0.15, 0.2) is 48.5 Å². The molecule has 2 rings (SSSR count). The summed E-state index contributed by atoms with van der Waals surface area (Å²) in [4.78, 5) is 0. The molecule has 1 heteroatoms. The largest absolute Gasteiger partial charge is 0.0840 e. The Morgan fingerprint density at radius 2 is 1.53 bits per heavy atom. The highest BCUT2D eigenvalue weighted by atomic mass is 35.5. The number of benzene rings is 2. The molecule has 88 valence electrons. The molecule has 0 saturated heterocycles. The van der Waals surface area contributed by atoms with E-state index in [0.29, 0.717) is 5.92 Å². The second-order valence-corrected chi connectivity index (χ2v) is 4.70. The van der Waals surface area contributed by atoms with Gasteiger partial charge in [-0.2, -0.15) is 0 Å². The zero-order chi connectivity index (χ0) is 12.3. The van der Waals surface area contributed by atoms with Gasteiger partial charge in [-0.3, -0.25) is 0 Å². The van der Waals surface area contributed by atoms with E-state index in [0.717, 1.165) is 11.4 Å². The monoisotopic (exact) mass is 244 g/mol. The summed E-state index contributed by atoms with van der Waals surface area (Å²) in [5, 5.41) is 0.853. The fourth-order valence-electron chi connectivity index (χ4n) is 2.27. The maximum Gasteiger partial charge on any atom is 0.0444 e. The van der Waals surface area contributed by atoms with Crippen molar-refractivity contribution < 1.29 is 0 Å². The van der Waals surface area contributed by atoms with Gasteiger partial charge < -0.3 is 0 Å². The van der Waals surface area contributed by atoms with Crippen LogP contribution in [0.2, 0.25) is 5.02 Å². The third-order valence-corrected chi connectivity index (χ3v) is 3.62. The van der Waals surface area contributed by atoms with Crippen LogP contribution in [0.3, 0.4) is 0 Å². The molecular weight excluding hydrogens is 228 g/mol. The Hall–Kier alpha value is -1.27. The van der Waals surface area contributed by atoms with Crippen molar-refractivity contribution in [2.24, 2.45) is 0 Å². The Bertz CT molecular complexity index is 502. The van der Waals surface area contributed by atoms with Gasteiger partial charge in [0.15, 0.2) is 0 Å². The van der Waals surface area contributed by atoms with Gasteiger partial charge in [0.05, 0.1) is 0 Å². The molecule has 0 nitrogen and oxygen atoms in total. The summed E-state index contributed by atoms with van der Waals surface area (Å²) in [5.41, 5.74) is 3.98. The summed E-state index contributed by atoms with van der Waals surface area (Å²) < 4.78 is 0. The SMILES string of the molecule is CCc1ccccc1C(C)c1ccccc1Cl. The molecule has 1 atom stereocenters. The van der Waals surface area contributed by atoms with E-state index in [1.165, 1.54) is 16.7 Å². The lowest BCUT2D eigenvalue weighted by Crippen LogP contribution is -2.01. The van der Waals surface area contributed by atoms with E-state index in [9.17, 15) is 0 Å². The molecule has 17 heavy (non-hydrogen) atoms. The molecule has 0 heterocycles. The van der Waals surface area contributed by atoms with E-state index in [1.54, 1.807) is 0 Å². The number of hydrogen-bond donors (Lipinski definition) is 0. The summed E-state index contributed by atoms with van der Waals surface area (Å²) in [7, 11) is 0. The first-order chi connectivity index (χ1) is 8.24. The smallest absolute Gasteiger partial charge is 0.0444 e. The highest BCUT2D eigenvalue weighted by Gasteiger charge is 2.13. The van der Waals surface area contributed by atoms with Gasteiger partial charge in [0, 0.05) is 10.9 Å². The zero-order valence-electron chi connectivity index (χ0n) is 10.3. The average Bonchev–Trinajstić information content (AvgIpc) is 2.38. The standard InChI is InChI=1S/C16H17Cl/c1-3-13-8-4-5-9-14(13)12(2)15-10-6-7-11-16(15)17/h4-12H,3H2,1-2H3. The molecule has 0 aliphatic carbocycles. The fourth-order valence-corrected chi connectivity index (χ4v) is 2.57. The predicted molar refractivity (Wildman–Crippen MR) is 74.8 cm³/mol. The topological polar surface area (TPSA) is 0 Å². The number of hydrogen-bond acceptors (Lipinski definition) is 0. The highest BCUT2D eigenvalue weighted by molar-refractivity contribution is 6.31. The van der Waals surface area contributed by atoms with Crippen LogP contribution in [0.4, 0.5) is 0 Å². The van der Waals surface area contributed by atoms with Gasteiger partial charge in [0.2, 0.25) is 0 Å². The van der Waals surface area contributed by atoms with Crippen molar-refractivity contribution in [2.45, 2.75) is 26.2 Å². The van der Waals surface area contributed by atoms with Crippen LogP contribution in [-0.2, 0) is 6.42 Å². The minimum atomic E-state index is 0.347. The van der Waals surface area contributed by atoms with Crippen molar-refractivity contribution in [2.75, 3.05) is 0 Å². The third-order valence-electron chi connectivity index (χ3n) is 3.27. The summed E-state index contributed by atoms with van der Waals surface area (Å²) in [5.74, 6) is 0.347. The summed E-state index contributed by atoms with van der Waals surface area (Å²) >= 11 is 6.26. The number of rotatable bonds is 3. The summed E-state index contributed by atoms with van der Waals surface area (Å²) in [6.07, 6.45) is 1.06. The fraction of sp³-hybridized carbons (Fsp3) is 0.250. The van der Waals surface area contributed by atoms with Crippen LogP contribution in [-0.4, -0.2) is 0 Å². The van der Waals surface area contributed by atoms with E-state index in [-0.39, 0.29) is 0 Å². The molecule has 0 spiro atoms. The lowest BCUT2D eigenvalue weighted by atomic mass is 9.89. The molecule has 0 aliphatic heterocycles. The Morgan fingerprint density at radius 1 is 0.941 bits per heavy atom. The Labute approximate surface area is 108 Å². The van der Waals surface area contributed by atoms with E-state index in [2.05, 4.69) is 44.2 Å². The van der Waals surface area contributed by atoms with E-state index in [1.807, 2.05) is 18.2 Å². The van der Waals surface area contributed by atoms with Crippen LogP contribution < -0.4 is 0 Å². The average molecular weight is 245 g/mol. The molecule has 0 aliphatic rings. The quantitative estimate of drug-likeness (QED) is 0.709. The molecule has 0 saturated carbocycles. The van der Waals surface area contributed by atoms with Crippen LogP contribution in [0.25, 0.3) is 0 Å². The first kappa shape index (κ1) is 12.2. The molecule has 0 bridgehead atoms. The second-order valence-electron chi connectivity index (χ2n) is 4.30. The maximum atomic E-state index is 6.26. The normalized spacial score (nSPS) is 12.4. The van der Waals surface area contributed by atoms with Crippen molar-refractivity contribution in [1.82, 2.24) is 0 Å². The van der Waals surface area contributed by atoms with Gasteiger partial charge in [0.25, 0.3) is 0 Å². The van der Waals surface area contributed by atoms with Crippen molar-refractivity contribution in [3.8, 4) is 0 Å². The molecule has 2 aromatic rings. The van der Waals surface area contributed by atoms with E-state index >= 15 is 0 Å². The number of halogens is 1. The van der Waals surface area contributed by atoms with Crippen molar-refractivity contribution >= 4 is 11.6 Å². The van der Waals surface area contributed by atoms with Gasteiger partial charge >= 0.3 is 0 Å². The van der Waals surface area contributed by atoms with E-state index < -0.39 is 0 Å². The van der Waals surface area contributed by atoms with Crippen molar-refractivity contribution in [3.05, 3.63) is 70.2 Å². The van der Waals surface area contributed by atoms with Gasteiger partial charge in [0.1, 0.15) is 0 Å². The molecule has 0 amide bonds. The van der Waals surface area contributed by atoms with Crippen LogP contribution >= 0.6 is 11.6 Å². The van der Waals surface area contributed by atoms with Gasteiger partial charge in [-0.25, -0.2) is 0 Å². The first-order valence-corrected chi connectivity index (χ1v) is 6.44.